The molecule has 1 aliphatic heterocycles. The summed E-state index contributed by atoms with van der Waals surface area (Å²) in [6, 6.07) is 2.29. The molecule has 0 unspecified atom stereocenters. The van der Waals surface area contributed by atoms with Crippen LogP contribution in [0.15, 0.2) is 23.1 Å². The molecule has 2 aromatic rings. The van der Waals surface area contributed by atoms with Gasteiger partial charge in [-0.25, -0.2) is 21.9 Å². The summed E-state index contributed by atoms with van der Waals surface area (Å²) >= 11 is 0. The van der Waals surface area contributed by atoms with Crippen molar-refractivity contribution in [3.63, 3.8) is 0 Å². The molecule has 29 heavy (non-hydrogen) atoms. The second kappa shape index (κ2) is 8.38. The fourth-order valence-corrected chi connectivity index (χ4v) is 5.22. The number of benzene rings is 1. The number of hydrogen-bond acceptors (Lipinski definition) is 7. The van der Waals surface area contributed by atoms with Gasteiger partial charge in [0.05, 0.1) is 23.6 Å². The molecule has 12 heteroatoms. The summed E-state index contributed by atoms with van der Waals surface area (Å²) in [4.78, 5) is 1.47. The van der Waals surface area contributed by atoms with Gasteiger partial charge in [-0.15, -0.1) is 5.10 Å². The van der Waals surface area contributed by atoms with Gasteiger partial charge < -0.3 is 4.74 Å². The van der Waals surface area contributed by atoms with Crippen molar-refractivity contribution in [1.82, 2.24) is 29.4 Å². The average molecular weight is 430 g/mol. The molecule has 0 amide bonds. The van der Waals surface area contributed by atoms with Crippen LogP contribution in [0.1, 0.15) is 18.7 Å². The van der Waals surface area contributed by atoms with Crippen LogP contribution in [0.4, 0.5) is 8.78 Å². The number of methoxy groups -OCH3 is 1. The zero-order valence-electron chi connectivity index (χ0n) is 16.5. The molecule has 0 radical (unpaired) electrons. The van der Waals surface area contributed by atoms with Crippen molar-refractivity contribution in [2.75, 3.05) is 40.9 Å². The largest absolute Gasteiger partial charge is 0.383 e. The highest BCUT2D eigenvalue weighted by atomic mass is 32.2. The second-order valence-corrected chi connectivity index (χ2v) is 9.13. The first-order valence-electron chi connectivity index (χ1n) is 9.10. The van der Waals surface area contributed by atoms with Crippen LogP contribution >= 0.6 is 0 Å². The molecule has 1 atom stereocenters. The van der Waals surface area contributed by atoms with E-state index >= 15 is 0 Å². The maximum atomic E-state index is 13.6. The predicted octanol–water partition coefficient (Wildman–Crippen LogP) is 0.839. The van der Waals surface area contributed by atoms with Gasteiger partial charge in [0.25, 0.3) is 0 Å². The highest BCUT2D eigenvalue weighted by Gasteiger charge is 2.46. The van der Waals surface area contributed by atoms with E-state index in [4.69, 9.17) is 4.74 Å². The van der Waals surface area contributed by atoms with Crippen LogP contribution < -0.4 is 0 Å². The number of tetrazole rings is 1. The third kappa shape index (κ3) is 4.15. The van der Waals surface area contributed by atoms with Crippen LogP contribution in [-0.2, 0) is 26.8 Å². The van der Waals surface area contributed by atoms with Crippen molar-refractivity contribution in [3.8, 4) is 0 Å². The zero-order valence-corrected chi connectivity index (χ0v) is 17.4. The topological polar surface area (TPSA) is 93.4 Å². The Balaban J connectivity index is 1.99. The molecule has 0 N–H and O–H groups in total. The summed E-state index contributed by atoms with van der Waals surface area (Å²) in [6.45, 7) is 1.09. The Hall–Kier alpha value is -2.02. The van der Waals surface area contributed by atoms with E-state index in [9.17, 15) is 17.2 Å². The van der Waals surface area contributed by atoms with Gasteiger partial charge in [0.15, 0.2) is 5.82 Å². The van der Waals surface area contributed by atoms with Crippen LogP contribution in [0.5, 0.6) is 0 Å². The molecule has 1 aliphatic rings. The van der Waals surface area contributed by atoms with Gasteiger partial charge in [-0.3, -0.25) is 4.90 Å². The molecule has 1 saturated heterocycles. The summed E-state index contributed by atoms with van der Waals surface area (Å²) in [5.74, 6) is -1.36. The summed E-state index contributed by atoms with van der Waals surface area (Å²) in [5, 5.41) is 11.9. The van der Waals surface area contributed by atoms with Crippen LogP contribution in [0.25, 0.3) is 0 Å². The number of aromatic nitrogens is 4. The van der Waals surface area contributed by atoms with Gasteiger partial charge in [-0.05, 0) is 49.5 Å². The van der Waals surface area contributed by atoms with E-state index in [1.54, 1.807) is 11.8 Å². The number of ether oxygens (including phenoxy) is 1. The van der Waals surface area contributed by atoms with Crippen molar-refractivity contribution in [3.05, 3.63) is 35.7 Å². The molecule has 9 nitrogen and oxygen atoms in total. The van der Waals surface area contributed by atoms with E-state index in [-0.39, 0.29) is 13.1 Å². The molecule has 1 aromatic carbocycles. The third-order valence-electron chi connectivity index (χ3n) is 5.22. The van der Waals surface area contributed by atoms with Crippen LogP contribution in [0.3, 0.4) is 0 Å². The summed E-state index contributed by atoms with van der Waals surface area (Å²) < 4.78 is 61.4. The fraction of sp³-hybridized carbons (Fsp3) is 0.588. The molecule has 2 heterocycles. The smallest absolute Gasteiger partial charge is 0.243 e. The number of nitrogens with zero attached hydrogens (tertiary/aromatic N) is 6. The molecule has 160 valence electrons. The lowest BCUT2D eigenvalue weighted by Crippen LogP contribution is -2.56. The van der Waals surface area contributed by atoms with E-state index in [1.165, 1.54) is 4.31 Å². The number of halogens is 2. The quantitative estimate of drug-likeness (QED) is 0.643. The molecular weight excluding hydrogens is 406 g/mol. The van der Waals surface area contributed by atoms with Crippen LogP contribution in [0.2, 0.25) is 0 Å². The Labute approximate surface area is 168 Å². The molecule has 0 spiro atoms. The van der Waals surface area contributed by atoms with Gasteiger partial charge >= 0.3 is 0 Å². The SMILES string of the molecule is COCCn1nnnc1[C@]1(N(C)C)CCCN(S(=O)(=O)c2cc(F)cc(F)c2)C1. The Morgan fingerprint density at radius 3 is 2.55 bits per heavy atom. The Morgan fingerprint density at radius 2 is 1.93 bits per heavy atom. The Bertz CT molecular complexity index is 948. The van der Waals surface area contributed by atoms with Crippen LogP contribution in [-0.4, -0.2) is 78.7 Å². The Morgan fingerprint density at radius 1 is 1.24 bits per heavy atom. The molecular formula is C17H24F2N6O3S. The number of piperidine rings is 1. The first-order chi connectivity index (χ1) is 13.7. The standard InChI is InChI=1S/C17H24F2N6O3S/c1-23(2)17(16-20-21-22-25(16)7-8-28-3)5-4-6-24(12-17)29(26,27)15-10-13(18)9-14(19)11-15/h9-11H,4-8,12H2,1-3H3/t17-/m0/s1. The van der Waals surface area contributed by atoms with Crippen LogP contribution in [0, 0.1) is 11.6 Å². The van der Waals surface area contributed by atoms with Gasteiger partial charge in [0.2, 0.25) is 10.0 Å². The highest BCUT2D eigenvalue weighted by molar-refractivity contribution is 7.89. The molecule has 3 rings (SSSR count). The molecule has 0 aliphatic carbocycles. The minimum absolute atomic E-state index is 0.0494. The fourth-order valence-electron chi connectivity index (χ4n) is 3.64. The maximum Gasteiger partial charge on any atom is 0.243 e. The minimum Gasteiger partial charge on any atom is -0.383 e. The van der Waals surface area contributed by atoms with Crippen molar-refractivity contribution < 1.29 is 21.9 Å². The second-order valence-electron chi connectivity index (χ2n) is 7.19. The first-order valence-corrected chi connectivity index (χ1v) is 10.5. The highest BCUT2D eigenvalue weighted by Crippen LogP contribution is 2.36. The van der Waals surface area contributed by atoms with E-state index in [1.807, 2.05) is 19.0 Å². The van der Waals surface area contributed by atoms with Gasteiger partial charge in [0, 0.05) is 26.3 Å². The number of likely N-dealkylation sites (N-methyl/N-ethyl adjacent to an activating group) is 1. The summed E-state index contributed by atoms with van der Waals surface area (Å²) in [5.41, 5.74) is -0.797. The van der Waals surface area contributed by atoms with Crippen molar-refractivity contribution in [2.45, 2.75) is 29.8 Å². The average Bonchev–Trinajstić information content (AvgIpc) is 3.14. The lowest BCUT2D eigenvalue weighted by molar-refractivity contribution is 0.0620. The lowest BCUT2D eigenvalue weighted by Gasteiger charge is -2.45. The predicted molar refractivity (Wildman–Crippen MR) is 99.4 cm³/mol. The maximum absolute atomic E-state index is 13.6. The summed E-state index contributed by atoms with van der Waals surface area (Å²) in [6.07, 6.45) is 1.16. The van der Waals surface area contributed by atoms with E-state index < -0.39 is 32.1 Å². The van der Waals surface area contributed by atoms with E-state index in [2.05, 4.69) is 15.5 Å². The third-order valence-corrected chi connectivity index (χ3v) is 7.04. The van der Waals surface area contributed by atoms with Gasteiger partial charge in [-0.1, -0.05) is 0 Å². The first kappa shape index (κ1) is 21.7. The number of sulfonamides is 1. The number of hydrogen-bond donors (Lipinski definition) is 0. The van der Waals surface area contributed by atoms with Gasteiger partial charge in [-0.2, -0.15) is 4.31 Å². The van der Waals surface area contributed by atoms with Crippen molar-refractivity contribution >= 4 is 10.0 Å². The molecule has 1 aromatic heterocycles. The number of rotatable bonds is 7. The van der Waals surface area contributed by atoms with Gasteiger partial charge in [0.1, 0.15) is 11.6 Å². The zero-order chi connectivity index (χ0) is 21.2. The summed E-state index contributed by atoms with van der Waals surface area (Å²) in [7, 11) is 1.11. The molecule has 0 saturated carbocycles. The minimum atomic E-state index is -4.11. The van der Waals surface area contributed by atoms with Crippen molar-refractivity contribution in [2.24, 2.45) is 0 Å². The van der Waals surface area contributed by atoms with E-state index in [0.717, 1.165) is 12.1 Å². The lowest BCUT2D eigenvalue weighted by atomic mass is 9.88. The van der Waals surface area contributed by atoms with E-state index in [0.29, 0.717) is 37.9 Å². The normalized spacial score (nSPS) is 21.0. The van der Waals surface area contributed by atoms with Crippen molar-refractivity contribution in [1.29, 1.82) is 0 Å². The monoisotopic (exact) mass is 430 g/mol. The molecule has 1 fully saturated rings. The Kier molecular flexibility index (Phi) is 6.27. The molecule has 0 bridgehead atoms.